The third kappa shape index (κ3) is 0.912. The summed E-state index contributed by atoms with van der Waals surface area (Å²) in [5.41, 5.74) is 7.20. The van der Waals surface area contributed by atoms with Crippen LogP contribution in [0.5, 0.6) is 0 Å². The Kier molecular flexibility index (Phi) is 1.45. The Morgan fingerprint density at radius 1 is 1.36 bits per heavy atom. The van der Waals surface area contributed by atoms with Crippen LogP contribution in [0.3, 0.4) is 0 Å². The van der Waals surface area contributed by atoms with E-state index in [-0.39, 0.29) is 0 Å². The van der Waals surface area contributed by atoms with Gasteiger partial charge >= 0.3 is 0 Å². The summed E-state index contributed by atoms with van der Waals surface area (Å²) in [6.07, 6.45) is 3.25. The third-order valence-corrected chi connectivity index (χ3v) is 2.54. The smallest absolute Gasteiger partial charge is 0.165 e. The van der Waals surface area contributed by atoms with Gasteiger partial charge in [0.05, 0.1) is 12.4 Å². The maximum Gasteiger partial charge on any atom is 0.165 e. The number of anilines is 1. The molecule has 0 unspecified atom stereocenters. The second-order valence-electron chi connectivity index (χ2n) is 3.40. The Labute approximate surface area is 80.2 Å². The monoisotopic (exact) mass is 190 g/mol. The average molecular weight is 190 g/mol. The van der Waals surface area contributed by atoms with E-state index < -0.39 is 0 Å². The molecule has 3 heterocycles. The quantitative estimate of drug-likeness (QED) is 0.636. The molecule has 0 amide bonds. The van der Waals surface area contributed by atoms with Crippen molar-refractivity contribution >= 4 is 17.0 Å². The highest BCUT2D eigenvalue weighted by molar-refractivity contribution is 5.81. The Morgan fingerprint density at radius 3 is 2.93 bits per heavy atom. The summed E-state index contributed by atoms with van der Waals surface area (Å²) in [4.78, 5) is 12.3. The number of hydrogen-bond acceptors (Lipinski definition) is 5. The second kappa shape index (κ2) is 2.65. The summed E-state index contributed by atoms with van der Waals surface area (Å²) in [6.45, 7) is 1.94. The maximum absolute atomic E-state index is 5.69. The van der Waals surface area contributed by atoms with Crippen molar-refractivity contribution < 1.29 is 0 Å². The molecule has 6 nitrogen and oxygen atoms in total. The number of nitrogens with one attached hydrogen (secondary N) is 1. The van der Waals surface area contributed by atoms with Gasteiger partial charge in [-0.05, 0) is 0 Å². The lowest BCUT2D eigenvalue weighted by molar-refractivity contribution is 0.349. The zero-order chi connectivity index (χ0) is 9.54. The number of aromatic nitrogens is 4. The molecule has 1 fully saturated rings. The number of nitrogens with zero attached hydrogens (tertiary/aromatic N) is 4. The first-order valence-electron chi connectivity index (χ1n) is 4.50. The molecular formula is C8H10N6. The minimum absolute atomic E-state index is 0.445. The van der Waals surface area contributed by atoms with Crippen LogP contribution in [0.25, 0.3) is 11.2 Å². The topological polar surface area (TPSA) is 81.7 Å². The first-order chi connectivity index (χ1) is 6.86. The molecule has 3 N–H and O–H groups in total. The van der Waals surface area contributed by atoms with Crippen molar-refractivity contribution in [3.8, 4) is 0 Å². The van der Waals surface area contributed by atoms with Gasteiger partial charge in [0.1, 0.15) is 11.8 Å². The molecule has 0 atom stereocenters. The van der Waals surface area contributed by atoms with Crippen LogP contribution in [0.4, 0.5) is 5.82 Å². The normalized spacial score (nSPS) is 17.1. The van der Waals surface area contributed by atoms with Crippen LogP contribution in [0.2, 0.25) is 0 Å². The van der Waals surface area contributed by atoms with E-state index in [9.17, 15) is 0 Å². The average Bonchev–Trinajstić information content (AvgIpc) is 2.48. The predicted octanol–water partition coefficient (Wildman–Crippen LogP) is -0.447. The number of hydrogen-bond donors (Lipinski definition) is 2. The number of nitrogen functional groups attached to an aromatic ring is 1. The lowest BCUT2D eigenvalue weighted by Crippen LogP contribution is -2.43. The van der Waals surface area contributed by atoms with Gasteiger partial charge in [-0.25, -0.2) is 15.0 Å². The van der Waals surface area contributed by atoms with E-state index in [2.05, 4.69) is 20.3 Å². The summed E-state index contributed by atoms with van der Waals surface area (Å²) in [7, 11) is 0. The van der Waals surface area contributed by atoms with Crippen LogP contribution in [0.1, 0.15) is 6.04 Å². The lowest BCUT2D eigenvalue weighted by atomic mass is 10.2. The fourth-order valence-corrected chi connectivity index (χ4v) is 1.61. The molecule has 0 spiro atoms. The van der Waals surface area contributed by atoms with E-state index in [0.29, 0.717) is 17.4 Å². The van der Waals surface area contributed by atoms with Crippen molar-refractivity contribution in [1.82, 2.24) is 24.8 Å². The molecule has 0 saturated carbocycles. The molecule has 1 aliphatic rings. The predicted molar refractivity (Wildman–Crippen MR) is 51.6 cm³/mol. The van der Waals surface area contributed by atoms with Gasteiger partial charge in [-0.2, -0.15) is 0 Å². The molecule has 0 aliphatic carbocycles. The highest BCUT2D eigenvalue weighted by Crippen LogP contribution is 2.20. The largest absolute Gasteiger partial charge is 0.382 e. The molecule has 1 aliphatic heterocycles. The van der Waals surface area contributed by atoms with Gasteiger partial charge in [0.2, 0.25) is 0 Å². The van der Waals surface area contributed by atoms with Gasteiger partial charge in [-0.3, -0.25) is 0 Å². The minimum Gasteiger partial charge on any atom is -0.382 e. The number of nitrogens with two attached hydrogens (primary N) is 1. The van der Waals surface area contributed by atoms with Gasteiger partial charge in [0.15, 0.2) is 11.5 Å². The van der Waals surface area contributed by atoms with Gasteiger partial charge in [0.25, 0.3) is 0 Å². The van der Waals surface area contributed by atoms with Crippen LogP contribution >= 0.6 is 0 Å². The molecular weight excluding hydrogens is 180 g/mol. The van der Waals surface area contributed by atoms with Gasteiger partial charge in [-0.15, -0.1) is 0 Å². The Hall–Kier alpha value is -1.69. The zero-order valence-corrected chi connectivity index (χ0v) is 7.51. The van der Waals surface area contributed by atoms with Gasteiger partial charge in [-0.1, -0.05) is 0 Å². The summed E-state index contributed by atoms with van der Waals surface area (Å²) < 4.78 is 2.05. The first kappa shape index (κ1) is 7.69. The molecule has 0 radical (unpaired) electrons. The van der Waals surface area contributed by atoms with Crippen LogP contribution < -0.4 is 11.1 Å². The Bertz CT molecular complexity index is 472. The fourth-order valence-electron chi connectivity index (χ4n) is 1.61. The molecule has 0 aromatic carbocycles. The maximum atomic E-state index is 5.69. The molecule has 14 heavy (non-hydrogen) atoms. The molecule has 0 bridgehead atoms. The van der Waals surface area contributed by atoms with Crippen molar-refractivity contribution in [2.75, 3.05) is 18.8 Å². The summed E-state index contributed by atoms with van der Waals surface area (Å²) in [5, 5.41) is 3.21. The van der Waals surface area contributed by atoms with Crippen molar-refractivity contribution in [1.29, 1.82) is 0 Å². The van der Waals surface area contributed by atoms with Crippen LogP contribution in [0, 0.1) is 0 Å². The van der Waals surface area contributed by atoms with Crippen molar-refractivity contribution in [2.24, 2.45) is 0 Å². The van der Waals surface area contributed by atoms with E-state index in [1.54, 1.807) is 6.33 Å². The van der Waals surface area contributed by atoms with E-state index >= 15 is 0 Å². The van der Waals surface area contributed by atoms with Gasteiger partial charge in [0, 0.05) is 13.1 Å². The molecule has 2 aromatic rings. The molecule has 72 valence electrons. The van der Waals surface area contributed by atoms with E-state index in [1.807, 2.05) is 4.57 Å². The third-order valence-electron chi connectivity index (χ3n) is 2.54. The fraction of sp³-hybridized carbons (Fsp3) is 0.375. The van der Waals surface area contributed by atoms with Gasteiger partial charge < -0.3 is 15.6 Å². The highest BCUT2D eigenvalue weighted by atomic mass is 15.2. The Balaban J connectivity index is 2.20. The van der Waals surface area contributed by atoms with Crippen molar-refractivity contribution in [2.45, 2.75) is 6.04 Å². The van der Waals surface area contributed by atoms with E-state index in [0.717, 1.165) is 18.7 Å². The zero-order valence-electron chi connectivity index (χ0n) is 7.51. The van der Waals surface area contributed by atoms with E-state index in [1.165, 1.54) is 6.33 Å². The standard InChI is InChI=1S/C8H10N6/c9-7-6-8(12-3-11-7)14(4-13-6)5-1-10-2-5/h3-5,10H,1-2H2,(H2,9,11,12). The van der Waals surface area contributed by atoms with Crippen molar-refractivity contribution in [3.63, 3.8) is 0 Å². The van der Waals surface area contributed by atoms with E-state index in [4.69, 9.17) is 5.73 Å². The van der Waals surface area contributed by atoms with Crippen LogP contribution in [-0.2, 0) is 0 Å². The molecule has 2 aromatic heterocycles. The number of imidazole rings is 1. The van der Waals surface area contributed by atoms with Crippen LogP contribution in [0.15, 0.2) is 12.7 Å². The number of rotatable bonds is 1. The number of fused-ring (bicyclic) bond motifs is 1. The molecule has 6 heteroatoms. The summed E-state index contributed by atoms with van der Waals surface area (Å²) in [5.74, 6) is 0.445. The summed E-state index contributed by atoms with van der Waals surface area (Å²) >= 11 is 0. The molecule has 3 rings (SSSR count). The minimum atomic E-state index is 0.445. The lowest BCUT2D eigenvalue weighted by Gasteiger charge is -2.28. The first-order valence-corrected chi connectivity index (χ1v) is 4.50. The summed E-state index contributed by atoms with van der Waals surface area (Å²) in [6, 6.07) is 0.453. The van der Waals surface area contributed by atoms with Crippen molar-refractivity contribution in [3.05, 3.63) is 12.7 Å². The van der Waals surface area contributed by atoms with Crippen LogP contribution in [-0.4, -0.2) is 32.6 Å². The second-order valence-corrected chi connectivity index (χ2v) is 3.40. The molecule has 1 saturated heterocycles. The highest BCUT2D eigenvalue weighted by Gasteiger charge is 2.21. The SMILES string of the molecule is Nc1ncnc2c1ncn2C1CNC1. The Morgan fingerprint density at radius 2 is 2.21 bits per heavy atom.